The molecule has 0 spiro atoms. The van der Waals surface area contributed by atoms with Gasteiger partial charge in [-0.2, -0.15) is 0 Å². The molecule has 0 fully saturated rings. The number of carbonyl (C=O) groups is 2. The fraction of sp³-hybridized carbons (Fsp3) is 0.500. The van der Waals surface area contributed by atoms with E-state index in [-0.39, 0.29) is 24.4 Å². The normalized spacial score (nSPS) is 18.7. The molecule has 1 aliphatic heterocycles. The Labute approximate surface area is 125 Å². The highest BCUT2D eigenvalue weighted by atomic mass is 16.5. The van der Waals surface area contributed by atoms with Gasteiger partial charge in [0.1, 0.15) is 12.3 Å². The van der Waals surface area contributed by atoms with E-state index in [0.29, 0.717) is 11.4 Å². The van der Waals surface area contributed by atoms with Crippen molar-refractivity contribution < 1.29 is 14.3 Å². The van der Waals surface area contributed by atoms with Crippen LogP contribution in [-0.2, 0) is 9.59 Å². The summed E-state index contributed by atoms with van der Waals surface area (Å²) in [7, 11) is 0. The predicted octanol–water partition coefficient (Wildman–Crippen LogP) is 2.11. The number of para-hydroxylation sites is 2. The lowest BCUT2D eigenvalue weighted by Gasteiger charge is -2.32. The van der Waals surface area contributed by atoms with Crippen molar-refractivity contribution >= 4 is 17.5 Å². The van der Waals surface area contributed by atoms with E-state index >= 15 is 0 Å². The summed E-state index contributed by atoms with van der Waals surface area (Å²) >= 11 is 0. The van der Waals surface area contributed by atoms with Crippen LogP contribution in [0.15, 0.2) is 24.3 Å². The number of rotatable bonds is 5. The van der Waals surface area contributed by atoms with Crippen molar-refractivity contribution in [1.29, 1.82) is 0 Å². The lowest BCUT2D eigenvalue weighted by Crippen LogP contribution is -2.49. The van der Waals surface area contributed by atoms with Gasteiger partial charge < -0.3 is 10.1 Å². The Morgan fingerprint density at radius 2 is 2.14 bits per heavy atom. The maximum absolute atomic E-state index is 12.3. The number of amides is 2. The van der Waals surface area contributed by atoms with Crippen LogP contribution < -0.4 is 15.0 Å². The van der Waals surface area contributed by atoms with Gasteiger partial charge in [-0.05, 0) is 32.4 Å². The third-order valence-electron chi connectivity index (χ3n) is 3.50. The summed E-state index contributed by atoms with van der Waals surface area (Å²) in [5.74, 6) is 0.305. The number of benzene rings is 1. The van der Waals surface area contributed by atoms with E-state index < -0.39 is 6.10 Å². The Kier molecular flexibility index (Phi) is 4.83. The molecule has 0 saturated carbocycles. The molecule has 114 valence electrons. The molecule has 0 aliphatic carbocycles. The number of hydrogen-bond donors (Lipinski definition) is 1. The monoisotopic (exact) mass is 290 g/mol. The van der Waals surface area contributed by atoms with Crippen LogP contribution >= 0.6 is 0 Å². The molecule has 0 radical (unpaired) electrons. The molecule has 1 heterocycles. The van der Waals surface area contributed by atoms with Gasteiger partial charge in [0, 0.05) is 6.04 Å². The van der Waals surface area contributed by atoms with E-state index in [1.54, 1.807) is 13.0 Å². The molecule has 2 rings (SSSR count). The van der Waals surface area contributed by atoms with Gasteiger partial charge in [0.15, 0.2) is 6.10 Å². The van der Waals surface area contributed by atoms with Gasteiger partial charge in [0.2, 0.25) is 5.91 Å². The highest BCUT2D eigenvalue weighted by Gasteiger charge is 2.32. The molecule has 1 aromatic rings. The first-order chi connectivity index (χ1) is 10.0. The minimum Gasteiger partial charge on any atom is -0.479 e. The Bertz CT molecular complexity index is 530. The lowest BCUT2D eigenvalue weighted by atomic mass is 10.1. The molecular formula is C16H22N2O3. The van der Waals surface area contributed by atoms with Gasteiger partial charge in [-0.3, -0.25) is 14.5 Å². The number of nitrogens with one attached hydrogen (secondary N) is 1. The first-order valence-electron chi connectivity index (χ1n) is 7.39. The molecule has 1 N–H and O–H groups in total. The molecule has 21 heavy (non-hydrogen) atoms. The molecule has 1 aromatic carbocycles. The highest BCUT2D eigenvalue weighted by Crippen LogP contribution is 2.33. The number of anilines is 1. The first-order valence-corrected chi connectivity index (χ1v) is 7.39. The van der Waals surface area contributed by atoms with Crippen LogP contribution in [0.2, 0.25) is 0 Å². The van der Waals surface area contributed by atoms with Crippen molar-refractivity contribution in [2.45, 2.75) is 45.8 Å². The van der Waals surface area contributed by atoms with Gasteiger partial charge in [0.05, 0.1) is 5.69 Å². The number of carbonyl (C=O) groups excluding carboxylic acids is 2. The second-order valence-electron chi connectivity index (χ2n) is 5.41. The third kappa shape index (κ3) is 3.54. The summed E-state index contributed by atoms with van der Waals surface area (Å²) in [5, 5.41) is 2.92. The van der Waals surface area contributed by atoms with Crippen LogP contribution in [0.1, 0.15) is 33.6 Å². The Morgan fingerprint density at radius 1 is 1.43 bits per heavy atom. The van der Waals surface area contributed by atoms with Crippen LogP contribution in [0.3, 0.4) is 0 Å². The van der Waals surface area contributed by atoms with E-state index in [1.807, 2.05) is 25.1 Å². The molecule has 5 nitrogen and oxygen atoms in total. The predicted molar refractivity (Wildman–Crippen MR) is 81.4 cm³/mol. The average molecular weight is 290 g/mol. The number of ether oxygens (including phenoxy) is 1. The summed E-state index contributed by atoms with van der Waals surface area (Å²) in [6.07, 6.45) is 1.37. The van der Waals surface area contributed by atoms with E-state index in [1.165, 1.54) is 4.90 Å². The molecule has 0 unspecified atom stereocenters. The second-order valence-corrected chi connectivity index (χ2v) is 5.41. The van der Waals surface area contributed by atoms with Gasteiger partial charge in [-0.15, -0.1) is 0 Å². The van der Waals surface area contributed by atoms with Crippen molar-refractivity contribution in [2.24, 2.45) is 0 Å². The van der Waals surface area contributed by atoms with E-state index in [0.717, 1.165) is 12.8 Å². The average Bonchev–Trinajstić information content (AvgIpc) is 2.44. The van der Waals surface area contributed by atoms with Gasteiger partial charge in [0.25, 0.3) is 5.91 Å². The van der Waals surface area contributed by atoms with Gasteiger partial charge in [-0.25, -0.2) is 0 Å². The van der Waals surface area contributed by atoms with Gasteiger partial charge in [-0.1, -0.05) is 25.5 Å². The minimum absolute atomic E-state index is 0.0254. The summed E-state index contributed by atoms with van der Waals surface area (Å²) in [6.45, 7) is 5.77. The maximum Gasteiger partial charge on any atom is 0.268 e. The summed E-state index contributed by atoms with van der Waals surface area (Å²) in [4.78, 5) is 25.9. The molecule has 0 aromatic heterocycles. The topological polar surface area (TPSA) is 58.6 Å². The lowest BCUT2D eigenvalue weighted by molar-refractivity contribution is -0.128. The summed E-state index contributed by atoms with van der Waals surface area (Å²) in [5.41, 5.74) is 0.652. The SMILES string of the molecule is CCC[C@H](C)NC(=O)CN1C(=O)[C@H](C)Oc2ccccc21. The van der Waals surface area contributed by atoms with Crippen molar-refractivity contribution in [3.05, 3.63) is 24.3 Å². The Balaban J connectivity index is 2.11. The van der Waals surface area contributed by atoms with E-state index in [9.17, 15) is 9.59 Å². The first kappa shape index (κ1) is 15.4. The molecule has 2 atom stereocenters. The molecule has 2 amide bonds. The molecule has 0 saturated heterocycles. The van der Waals surface area contributed by atoms with E-state index in [4.69, 9.17) is 4.74 Å². The van der Waals surface area contributed by atoms with Crippen molar-refractivity contribution in [1.82, 2.24) is 5.32 Å². The summed E-state index contributed by atoms with van der Waals surface area (Å²) < 4.78 is 5.55. The third-order valence-corrected chi connectivity index (χ3v) is 3.50. The zero-order valence-corrected chi connectivity index (χ0v) is 12.8. The fourth-order valence-electron chi connectivity index (χ4n) is 2.49. The number of nitrogens with zero attached hydrogens (tertiary/aromatic N) is 1. The standard InChI is InChI=1S/C16H22N2O3/c1-4-7-11(2)17-15(19)10-18-13-8-5-6-9-14(13)21-12(3)16(18)20/h5-6,8-9,11-12H,4,7,10H2,1-3H3,(H,17,19)/t11-,12-/m0/s1. The van der Waals surface area contributed by atoms with Crippen LogP contribution in [0.5, 0.6) is 5.75 Å². The van der Waals surface area contributed by atoms with Crippen molar-refractivity contribution in [2.75, 3.05) is 11.4 Å². The zero-order valence-electron chi connectivity index (χ0n) is 12.8. The fourth-order valence-corrected chi connectivity index (χ4v) is 2.49. The maximum atomic E-state index is 12.3. The molecule has 0 bridgehead atoms. The Hall–Kier alpha value is -2.04. The highest BCUT2D eigenvalue weighted by molar-refractivity contribution is 6.03. The van der Waals surface area contributed by atoms with Crippen LogP contribution in [0, 0.1) is 0 Å². The zero-order chi connectivity index (χ0) is 15.4. The second kappa shape index (κ2) is 6.61. The quantitative estimate of drug-likeness (QED) is 0.903. The van der Waals surface area contributed by atoms with Crippen molar-refractivity contribution in [3.8, 4) is 5.75 Å². The molecule has 1 aliphatic rings. The van der Waals surface area contributed by atoms with Crippen LogP contribution in [0.25, 0.3) is 0 Å². The smallest absolute Gasteiger partial charge is 0.268 e. The minimum atomic E-state index is -0.569. The molecule has 5 heteroatoms. The molecular weight excluding hydrogens is 268 g/mol. The van der Waals surface area contributed by atoms with Crippen molar-refractivity contribution in [3.63, 3.8) is 0 Å². The number of fused-ring (bicyclic) bond motifs is 1. The summed E-state index contributed by atoms with van der Waals surface area (Å²) in [6, 6.07) is 7.40. The largest absolute Gasteiger partial charge is 0.479 e. The van der Waals surface area contributed by atoms with Crippen LogP contribution in [0.4, 0.5) is 5.69 Å². The van der Waals surface area contributed by atoms with E-state index in [2.05, 4.69) is 12.2 Å². The van der Waals surface area contributed by atoms with Gasteiger partial charge >= 0.3 is 0 Å². The Morgan fingerprint density at radius 3 is 2.86 bits per heavy atom. The van der Waals surface area contributed by atoms with Crippen LogP contribution in [-0.4, -0.2) is 30.5 Å². The number of hydrogen-bond acceptors (Lipinski definition) is 3.